The molecule has 19 heavy (non-hydrogen) atoms. The van der Waals surface area contributed by atoms with Crippen molar-refractivity contribution in [2.45, 2.75) is 87.5 Å². The van der Waals surface area contributed by atoms with Gasteiger partial charge in [-0.1, -0.05) is 74.7 Å². The topological polar surface area (TPSA) is 3.24 Å². The van der Waals surface area contributed by atoms with Crippen LogP contribution in [0.1, 0.15) is 87.5 Å². The second kappa shape index (κ2) is 13.0. The lowest BCUT2D eigenvalue weighted by Crippen LogP contribution is -2.28. The predicted octanol–water partition coefficient (Wildman–Crippen LogP) is 5.99. The Morgan fingerprint density at radius 3 is 1.74 bits per heavy atom. The zero-order valence-corrected chi connectivity index (χ0v) is 15.2. The van der Waals surface area contributed by atoms with Gasteiger partial charge in [0.25, 0.3) is 0 Å². The molecule has 0 spiro atoms. The summed E-state index contributed by atoms with van der Waals surface area (Å²) in [7, 11) is 0. The highest BCUT2D eigenvalue weighted by molar-refractivity contribution is 4.68. The van der Waals surface area contributed by atoms with Crippen LogP contribution in [0.3, 0.4) is 0 Å². The standard InChI is InChI=1S/C12H27N.C6H14/c1-6-10-13(8-3)11-9-12(4,5)7-2;1-4-5-6(2)3/h6-11H2,1-5H3;6H,4-5H2,1-3H3. The maximum absolute atomic E-state index is 2.55. The van der Waals surface area contributed by atoms with Gasteiger partial charge in [-0.2, -0.15) is 0 Å². The van der Waals surface area contributed by atoms with Gasteiger partial charge in [0.15, 0.2) is 0 Å². The SMILES string of the molecule is CCCC(C)C.CCCN(CC)CCC(C)(C)CC. The average molecular weight is 272 g/mol. The van der Waals surface area contributed by atoms with Gasteiger partial charge >= 0.3 is 0 Å². The maximum atomic E-state index is 2.55. The Hall–Kier alpha value is -0.0400. The smallest absolute Gasteiger partial charge is 0.00138 e. The molecule has 1 nitrogen and oxygen atoms in total. The highest BCUT2D eigenvalue weighted by Gasteiger charge is 2.15. The van der Waals surface area contributed by atoms with Crippen LogP contribution in [0, 0.1) is 11.3 Å². The molecule has 0 aliphatic carbocycles. The average Bonchev–Trinajstić information content (AvgIpc) is 2.35. The molecule has 1 heteroatoms. The normalized spacial score (nSPS) is 11.7. The summed E-state index contributed by atoms with van der Waals surface area (Å²) in [5, 5.41) is 0. The fourth-order valence-electron chi connectivity index (χ4n) is 1.96. The van der Waals surface area contributed by atoms with E-state index in [1.807, 2.05) is 0 Å². The van der Waals surface area contributed by atoms with E-state index in [1.165, 1.54) is 51.7 Å². The van der Waals surface area contributed by atoms with E-state index < -0.39 is 0 Å². The molecule has 0 radical (unpaired) electrons. The van der Waals surface area contributed by atoms with Gasteiger partial charge in [0.1, 0.15) is 0 Å². The van der Waals surface area contributed by atoms with E-state index in [1.54, 1.807) is 0 Å². The van der Waals surface area contributed by atoms with Crippen molar-refractivity contribution in [2.24, 2.45) is 11.3 Å². The Morgan fingerprint density at radius 2 is 1.47 bits per heavy atom. The molecule has 0 saturated carbocycles. The highest BCUT2D eigenvalue weighted by Crippen LogP contribution is 2.24. The Bertz CT molecular complexity index is 173. The third-order valence-electron chi connectivity index (χ3n) is 3.91. The fourth-order valence-corrected chi connectivity index (χ4v) is 1.96. The minimum absolute atomic E-state index is 0.529. The fraction of sp³-hybridized carbons (Fsp3) is 1.00. The van der Waals surface area contributed by atoms with E-state index in [0.29, 0.717) is 5.41 Å². The van der Waals surface area contributed by atoms with Crippen LogP contribution in [0.4, 0.5) is 0 Å². The molecule has 0 heterocycles. The molecule has 0 amide bonds. The molecule has 0 aliphatic heterocycles. The lowest BCUT2D eigenvalue weighted by Gasteiger charge is -2.27. The van der Waals surface area contributed by atoms with Crippen molar-refractivity contribution in [3.05, 3.63) is 0 Å². The van der Waals surface area contributed by atoms with Gasteiger partial charge in [0, 0.05) is 0 Å². The first kappa shape index (κ1) is 21.3. The summed E-state index contributed by atoms with van der Waals surface area (Å²) in [6.07, 6.45) is 6.60. The van der Waals surface area contributed by atoms with Crippen molar-refractivity contribution in [1.82, 2.24) is 4.90 Å². The second-order valence-electron chi connectivity index (χ2n) is 6.88. The van der Waals surface area contributed by atoms with E-state index in [-0.39, 0.29) is 0 Å². The maximum Gasteiger partial charge on any atom is -0.00138 e. The van der Waals surface area contributed by atoms with Crippen molar-refractivity contribution >= 4 is 0 Å². The Balaban J connectivity index is 0. The van der Waals surface area contributed by atoms with E-state index >= 15 is 0 Å². The Morgan fingerprint density at radius 1 is 0.895 bits per heavy atom. The molecule has 0 N–H and O–H groups in total. The molecule has 0 saturated heterocycles. The summed E-state index contributed by atoms with van der Waals surface area (Å²) in [6, 6.07) is 0. The number of nitrogens with zero attached hydrogens (tertiary/aromatic N) is 1. The number of hydrogen-bond acceptors (Lipinski definition) is 1. The predicted molar refractivity (Wildman–Crippen MR) is 90.8 cm³/mol. The second-order valence-corrected chi connectivity index (χ2v) is 6.88. The van der Waals surface area contributed by atoms with E-state index in [9.17, 15) is 0 Å². The van der Waals surface area contributed by atoms with Crippen LogP contribution < -0.4 is 0 Å². The molecule has 0 atom stereocenters. The lowest BCUT2D eigenvalue weighted by molar-refractivity contribution is 0.220. The van der Waals surface area contributed by atoms with Gasteiger partial charge in [-0.15, -0.1) is 0 Å². The van der Waals surface area contributed by atoms with Crippen LogP contribution in [-0.2, 0) is 0 Å². The van der Waals surface area contributed by atoms with Crippen LogP contribution in [0.25, 0.3) is 0 Å². The first-order valence-corrected chi connectivity index (χ1v) is 8.55. The third-order valence-corrected chi connectivity index (χ3v) is 3.91. The van der Waals surface area contributed by atoms with Crippen LogP contribution in [0.5, 0.6) is 0 Å². The minimum atomic E-state index is 0.529. The summed E-state index contributed by atoms with van der Waals surface area (Å²) >= 11 is 0. The summed E-state index contributed by atoms with van der Waals surface area (Å²) in [5.41, 5.74) is 0.529. The first-order valence-electron chi connectivity index (χ1n) is 8.55. The van der Waals surface area contributed by atoms with E-state index in [4.69, 9.17) is 0 Å². The van der Waals surface area contributed by atoms with Gasteiger partial charge in [-0.3, -0.25) is 0 Å². The summed E-state index contributed by atoms with van der Waals surface area (Å²) in [4.78, 5) is 2.55. The van der Waals surface area contributed by atoms with Crippen molar-refractivity contribution in [3.8, 4) is 0 Å². The summed E-state index contributed by atoms with van der Waals surface area (Å²) in [6.45, 7) is 22.0. The van der Waals surface area contributed by atoms with Crippen molar-refractivity contribution < 1.29 is 0 Å². The molecule has 0 unspecified atom stereocenters. The molecule has 0 bridgehead atoms. The number of rotatable bonds is 9. The van der Waals surface area contributed by atoms with Crippen LogP contribution in [0.2, 0.25) is 0 Å². The molecule has 0 aliphatic rings. The first-order chi connectivity index (χ1) is 8.82. The molecular weight excluding hydrogens is 230 g/mol. The zero-order valence-electron chi connectivity index (χ0n) is 15.2. The summed E-state index contributed by atoms with van der Waals surface area (Å²) < 4.78 is 0. The Kier molecular flexibility index (Phi) is 14.5. The molecule has 0 aromatic carbocycles. The van der Waals surface area contributed by atoms with Gasteiger partial charge < -0.3 is 4.90 Å². The molecule has 0 aromatic heterocycles. The molecule has 0 aromatic rings. The van der Waals surface area contributed by atoms with Gasteiger partial charge in [0.2, 0.25) is 0 Å². The number of hydrogen-bond donors (Lipinski definition) is 0. The molecule has 0 fully saturated rings. The largest absolute Gasteiger partial charge is 0.304 e. The van der Waals surface area contributed by atoms with Gasteiger partial charge in [0.05, 0.1) is 0 Å². The monoisotopic (exact) mass is 271 g/mol. The third kappa shape index (κ3) is 15.9. The lowest BCUT2D eigenvalue weighted by atomic mass is 9.86. The van der Waals surface area contributed by atoms with Crippen molar-refractivity contribution in [2.75, 3.05) is 19.6 Å². The molecule has 0 rings (SSSR count). The van der Waals surface area contributed by atoms with Crippen LogP contribution >= 0.6 is 0 Å². The highest BCUT2D eigenvalue weighted by atomic mass is 15.1. The van der Waals surface area contributed by atoms with Gasteiger partial charge in [-0.05, 0) is 43.8 Å². The molecule has 118 valence electrons. The summed E-state index contributed by atoms with van der Waals surface area (Å²) in [5.74, 6) is 0.898. The van der Waals surface area contributed by atoms with Crippen LogP contribution in [0.15, 0.2) is 0 Å². The molecular formula is C18H41N. The van der Waals surface area contributed by atoms with Gasteiger partial charge in [-0.25, -0.2) is 0 Å². The van der Waals surface area contributed by atoms with E-state index in [2.05, 4.69) is 60.3 Å². The minimum Gasteiger partial charge on any atom is -0.304 e. The van der Waals surface area contributed by atoms with Crippen molar-refractivity contribution in [1.29, 1.82) is 0 Å². The Labute approximate surface area is 124 Å². The zero-order chi connectivity index (χ0) is 15.3. The quantitative estimate of drug-likeness (QED) is 0.498. The van der Waals surface area contributed by atoms with Crippen LogP contribution in [-0.4, -0.2) is 24.5 Å². The van der Waals surface area contributed by atoms with Crippen molar-refractivity contribution in [3.63, 3.8) is 0 Å². The van der Waals surface area contributed by atoms with E-state index in [0.717, 1.165) is 5.92 Å².